The molecule has 0 saturated heterocycles. The maximum absolute atomic E-state index is 13.4. The molecule has 2 rings (SSSR count). The lowest BCUT2D eigenvalue weighted by molar-refractivity contribution is 0.0992. The van der Waals surface area contributed by atoms with Crippen LogP contribution in [-0.4, -0.2) is 17.9 Å². The lowest BCUT2D eigenvalue weighted by atomic mass is 10.2. The fourth-order valence-electron chi connectivity index (χ4n) is 1.49. The molecule has 2 aromatic rings. The zero-order chi connectivity index (χ0) is 13.1. The Kier molecular flexibility index (Phi) is 3.72. The van der Waals surface area contributed by atoms with Crippen molar-refractivity contribution in [1.82, 2.24) is 4.98 Å². The number of amides is 1. The van der Waals surface area contributed by atoms with Crippen LogP contribution < -0.4 is 4.90 Å². The summed E-state index contributed by atoms with van der Waals surface area (Å²) in [6, 6.07) is 7.79. The number of carbonyl (C=O) groups excluding carboxylic acids is 1. The predicted molar refractivity (Wildman–Crippen MR) is 71.1 cm³/mol. The van der Waals surface area contributed by atoms with Gasteiger partial charge in [-0.15, -0.1) is 0 Å². The van der Waals surface area contributed by atoms with Gasteiger partial charge in [0.05, 0.1) is 16.4 Å². The molecule has 0 fully saturated rings. The number of rotatable bonds is 2. The van der Waals surface area contributed by atoms with Crippen LogP contribution in [0.3, 0.4) is 0 Å². The molecule has 1 amide bonds. The predicted octanol–water partition coefficient (Wildman–Crippen LogP) is 3.26. The number of pyridine rings is 1. The molecular weight excluding hydrogens is 299 g/mol. The third-order valence-corrected chi connectivity index (χ3v) is 3.15. The molecule has 5 heteroatoms. The summed E-state index contributed by atoms with van der Waals surface area (Å²) in [5.74, 6) is -0.741. The number of halogens is 2. The fraction of sp³-hybridized carbons (Fsp3) is 0.0769. The molecule has 0 atom stereocenters. The lowest BCUT2D eigenvalue weighted by Gasteiger charge is -2.16. The smallest absolute Gasteiger partial charge is 0.258 e. The number of aromatic nitrogens is 1. The van der Waals surface area contributed by atoms with Crippen LogP contribution in [-0.2, 0) is 0 Å². The number of anilines is 1. The van der Waals surface area contributed by atoms with Gasteiger partial charge in [-0.1, -0.05) is 0 Å². The van der Waals surface area contributed by atoms with E-state index in [0.29, 0.717) is 15.7 Å². The number of nitrogens with zero attached hydrogens (tertiary/aromatic N) is 2. The first-order chi connectivity index (χ1) is 8.59. The van der Waals surface area contributed by atoms with Gasteiger partial charge >= 0.3 is 0 Å². The highest BCUT2D eigenvalue weighted by Gasteiger charge is 2.14. The maximum atomic E-state index is 13.4. The summed E-state index contributed by atoms with van der Waals surface area (Å²) in [6.45, 7) is 0. The summed E-state index contributed by atoms with van der Waals surface area (Å²) in [4.78, 5) is 17.5. The van der Waals surface area contributed by atoms with Crippen LogP contribution in [0.5, 0.6) is 0 Å². The van der Waals surface area contributed by atoms with E-state index in [1.165, 1.54) is 17.0 Å². The van der Waals surface area contributed by atoms with Crippen molar-refractivity contribution < 1.29 is 9.18 Å². The minimum Gasteiger partial charge on any atom is -0.310 e. The van der Waals surface area contributed by atoms with Crippen molar-refractivity contribution in [2.24, 2.45) is 0 Å². The van der Waals surface area contributed by atoms with Crippen LogP contribution in [0.4, 0.5) is 10.1 Å². The van der Waals surface area contributed by atoms with Gasteiger partial charge in [-0.3, -0.25) is 9.78 Å². The highest BCUT2D eigenvalue weighted by molar-refractivity contribution is 9.10. The Morgan fingerprint density at radius 1 is 1.39 bits per heavy atom. The molecule has 0 aliphatic carbocycles. The minimum absolute atomic E-state index is 0.283. The van der Waals surface area contributed by atoms with Crippen molar-refractivity contribution in [2.45, 2.75) is 0 Å². The lowest BCUT2D eigenvalue weighted by Crippen LogP contribution is -2.26. The van der Waals surface area contributed by atoms with Crippen molar-refractivity contribution in [3.05, 3.63) is 58.6 Å². The fourth-order valence-corrected chi connectivity index (χ4v) is 1.74. The van der Waals surface area contributed by atoms with E-state index in [4.69, 9.17) is 0 Å². The Hall–Kier alpha value is -1.75. The number of benzene rings is 1. The van der Waals surface area contributed by atoms with Crippen LogP contribution in [0.1, 0.15) is 10.4 Å². The maximum Gasteiger partial charge on any atom is 0.258 e. The van der Waals surface area contributed by atoms with Gasteiger partial charge in [0, 0.05) is 18.8 Å². The molecule has 0 aliphatic rings. The topological polar surface area (TPSA) is 33.2 Å². The summed E-state index contributed by atoms with van der Waals surface area (Å²) < 4.78 is 13.7. The van der Waals surface area contributed by atoms with Crippen LogP contribution in [0.25, 0.3) is 0 Å². The first-order valence-electron chi connectivity index (χ1n) is 5.22. The largest absolute Gasteiger partial charge is 0.310 e. The molecule has 3 nitrogen and oxygen atoms in total. The average molecular weight is 309 g/mol. The van der Waals surface area contributed by atoms with E-state index in [9.17, 15) is 9.18 Å². The van der Waals surface area contributed by atoms with Gasteiger partial charge in [0.2, 0.25) is 0 Å². The number of hydrogen-bond donors (Lipinski definition) is 0. The zero-order valence-corrected chi connectivity index (χ0v) is 11.2. The third kappa shape index (κ3) is 2.56. The van der Waals surface area contributed by atoms with E-state index in [0.717, 1.165) is 0 Å². The van der Waals surface area contributed by atoms with Gasteiger partial charge in [0.1, 0.15) is 5.82 Å². The highest BCUT2D eigenvalue weighted by atomic mass is 79.9. The number of carbonyl (C=O) groups is 1. The highest BCUT2D eigenvalue weighted by Crippen LogP contribution is 2.19. The van der Waals surface area contributed by atoms with Gasteiger partial charge in [-0.2, -0.15) is 0 Å². The van der Waals surface area contributed by atoms with E-state index >= 15 is 0 Å². The van der Waals surface area contributed by atoms with E-state index in [-0.39, 0.29) is 5.91 Å². The van der Waals surface area contributed by atoms with E-state index in [1.807, 2.05) is 0 Å². The Labute approximate surface area is 112 Å². The van der Waals surface area contributed by atoms with Gasteiger partial charge in [-0.05, 0) is 46.3 Å². The molecule has 1 aromatic heterocycles. The summed E-state index contributed by atoms with van der Waals surface area (Å²) in [5, 5.41) is 0. The molecule has 92 valence electrons. The van der Waals surface area contributed by atoms with Crippen molar-refractivity contribution >= 4 is 27.5 Å². The van der Waals surface area contributed by atoms with Gasteiger partial charge < -0.3 is 4.90 Å². The Bertz CT molecular complexity index is 574. The molecule has 0 radical (unpaired) electrons. The first kappa shape index (κ1) is 12.7. The van der Waals surface area contributed by atoms with Crippen molar-refractivity contribution in [3.63, 3.8) is 0 Å². The molecule has 0 spiro atoms. The van der Waals surface area contributed by atoms with Crippen LogP contribution in [0, 0.1) is 5.82 Å². The molecule has 0 saturated carbocycles. The minimum atomic E-state index is -0.458. The van der Waals surface area contributed by atoms with E-state index in [2.05, 4.69) is 20.9 Å². The third-order valence-electron chi connectivity index (χ3n) is 2.50. The molecule has 1 heterocycles. The first-order valence-corrected chi connectivity index (χ1v) is 6.02. The molecule has 0 aliphatic heterocycles. The van der Waals surface area contributed by atoms with Gasteiger partial charge in [-0.25, -0.2) is 4.39 Å². The Morgan fingerprint density at radius 3 is 2.78 bits per heavy atom. The molecule has 18 heavy (non-hydrogen) atoms. The molecule has 0 bridgehead atoms. The standard InChI is InChI=1S/C13H10BrFN2O/c1-17(10-3-2-6-16-8-10)13(18)9-4-5-11(14)12(15)7-9/h2-8H,1H3. The van der Waals surface area contributed by atoms with Crippen LogP contribution in [0.15, 0.2) is 47.2 Å². The van der Waals surface area contributed by atoms with Crippen LogP contribution in [0.2, 0.25) is 0 Å². The SMILES string of the molecule is CN(C(=O)c1ccc(Br)c(F)c1)c1cccnc1. The molecular formula is C13H10BrFN2O. The van der Waals surface area contributed by atoms with Gasteiger partial charge in [0.25, 0.3) is 5.91 Å². The van der Waals surface area contributed by atoms with Gasteiger partial charge in [0.15, 0.2) is 0 Å². The second kappa shape index (κ2) is 5.27. The second-order valence-corrected chi connectivity index (χ2v) is 4.56. The molecule has 1 aromatic carbocycles. The van der Waals surface area contributed by atoms with Crippen molar-refractivity contribution in [3.8, 4) is 0 Å². The normalized spacial score (nSPS) is 10.2. The van der Waals surface area contributed by atoms with Crippen molar-refractivity contribution in [2.75, 3.05) is 11.9 Å². The van der Waals surface area contributed by atoms with Crippen LogP contribution >= 0.6 is 15.9 Å². The molecule has 0 unspecified atom stereocenters. The zero-order valence-electron chi connectivity index (χ0n) is 9.60. The second-order valence-electron chi connectivity index (χ2n) is 3.70. The Balaban J connectivity index is 2.29. The average Bonchev–Trinajstić information content (AvgIpc) is 2.41. The Morgan fingerprint density at radius 2 is 2.17 bits per heavy atom. The number of hydrogen-bond acceptors (Lipinski definition) is 2. The van der Waals surface area contributed by atoms with Crippen molar-refractivity contribution in [1.29, 1.82) is 0 Å². The monoisotopic (exact) mass is 308 g/mol. The van der Waals surface area contributed by atoms with E-state index in [1.54, 1.807) is 37.6 Å². The molecule has 0 N–H and O–H groups in total. The van der Waals surface area contributed by atoms with E-state index < -0.39 is 5.82 Å². The summed E-state index contributed by atoms with van der Waals surface area (Å²) in [6.07, 6.45) is 3.20. The summed E-state index contributed by atoms with van der Waals surface area (Å²) in [7, 11) is 1.62. The quantitative estimate of drug-likeness (QED) is 0.853. The summed E-state index contributed by atoms with van der Waals surface area (Å²) in [5.41, 5.74) is 0.952. The summed E-state index contributed by atoms with van der Waals surface area (Å²) >= 11 is 3.05.